The predicted octanol–water partition coefficient (Wildman–Crippen LogP) is 1.62. The number of nitrogens with one attached hydrogen (secondary N) is 1. The molecule has 1 aromatic heterocycles. The van der Waals surface area contributed by atoms with Crippen LogP contribution in [0.15, 0.2) is 28.4 Å². The van der Waals surface area contributed by atoms with Gasteiger partial charge in [-0.2, -0.15) is 10.4 Å². The maximum absolute atomic E-state index is 13.1. The molecule has 0 saturated heterocycles. The minimum atomic E-state index is -1.77. The fourth-order valence-corrected chi connectivity index (χ4v) is 5.23. The monoisotopic (exact) mass is 582 g/mol. The second kappa shape index (κ2) is 10.7. The third kappa shape index (κ3) is 4.94. The number of aliphatic hydroxyl groups is 3. The van der Waals surface area contributed by atoms with E-state index in [1.54, 1.807) is 6.07 Å². The average molecular weight is 584 g/mol. The highest BCUT2D eigenvalue weighted by Crippen LogP contribution is 2.36. The summed E-state index contributed by atoms with van der Waals surface area (Å²) in [4.78, 5) is 25.0. The second-order valence-electron chi connectivity index (χ2n) is 8.85. The summed E-state index contributed by atoms with van der Waals surface area (Å²) in [5.74, 6) is -2.63. The van der Waals surface area contributed by atoms with Gasteiger partial charge in [0.15, 0.2) is 0 Å². The molecule has 11 nitrogen and oxygen atoms in total. The Labute approximate surface area is 219 Å². The lowest BCUT2D eigenvalue weighted by Gasteiger charge is -2.40. The lowest BCUT2D eigenvalue weighted by Crippen LogP contribution is -2.59. The van der Waals surface area contributed by atoms with E-state index in [0.717, 1.165) is 12.8 Å². The van der Waals surface area contributed by atoms with E-state index in [1.807, 2.05) is 0 Å². The van der Waals surface area contributed by atoms with Crippen LogP contribution in [0.5, 0.6) is 0 Å². The first-order valence-electron chi connectivity index (χ1n) is 11.3. The fraction of sp³-hybridized carbons (Fsp3) is 0.478. The van der Waals surface area contributed by atoms with Crippen molar-refractivity contribution < 1.29 is 34.8 Å². The number of nitrogens with zero attached hydrogens (tertiary/aromatic N) is 3. The lowest BCUT2D eigenvalue weighted by molar-refractivity contribution is -0.147. The molecule has 1 amide bonds. The number of rotatable bonds is 7. The van der Waals surface area contributed by atoms with E-state index in [-0.39, 0.29) is 17.5 Å². The first-order valence-corrected chi connectivity index (χ1v) is 12.5. The van der Waals surface area contributed by atoms with Crippen molar-refractivity contribution in [2.75, 3.05) is 6.61 Å². The molecule has 0 unspecified atom stereocenters. The zero-order chi connectivity index (χ0) is 26.1. The van der Waals surface area contributed by atoms with Crippen LogP contribution in [0.3, 0.4) is 0 Å². The van der Waals surface area contributed by atoms with Crippen LogP contribution < -0.4 is 5.32 Å². The summed E-state index contributed by atoms with van der Waals surface area (Å²) < 4.78 is 7.29. The molecule has 13 heteroatoms. The SMILES string of the molecule is N#Cc1c2cc(Br)c(Cl)cc2nn1[C@H]1C=C(C(=O)O)O[C@@H]([C@H](O)[C@H](O)CO)[C@@H]1NC(=O)C1CCCC1. The summed E-state index contributed by atoms with van der Waals surface area (Å²) in [5, 5.41) is 58.1. The minimum Gasteiger partial charge on any atom is -0.478 e. The van der Waals surface area contributed by atoms with Crippen molar-refractivity contribution in [3.63, 3.8) is 0 Å². The van der Waals surface area contributed by atoms with Crippen molar-refractivity contribution in [2.24, 2.45) is 5.92 Å². The summed E-state index contributed by atoms with van der Waals surface area (Å²) in [6.07, 6.45) is -0.611. The number of aliphatic hydroxyl groups excluding tert-OH is 3. The van der Waals surface area contributed by atoms with E-state index in [0.29, 0.717) is 33.2 Å². The summed E-state index contributed by atoms with van der Waals surface area (Å²) in [6, 6.07) is 2.97. The van der Waals surface area contributed by atoms with E-state index in [2.05, 4.69) is 32.4 Å². The van der Waals surface area contributed by atoms with Gasteiger partial charge in [-0.25, -0.2) is 9.48 Å². The fourth-order valence-electron chi connectivity index (χ4n) is 4.73. The van der Waals surface area contributed by atoms with Crippen LogP contribution in [-0.4, -0.2) is 73.0 Å². The van der Waals surface area contributed by atoms with E-state index in [4.69, 9.17) is 16.3 Å². The second-order valence-corrected chi connectivity index (χ2v) is 10.1. The van der Waals surface area contributed by atoms with Crippen LogP contribution in [0.2, 0.25) is 5.02 Å². The third-order valence-electron chi connectivity index (χ3n) is 6.60. The highest BCUT2D eigenvalue weighted by atomic mass is 79.9. The number of benzene rings is 1. The van der Waals surface area contributed by atoms with Gasteiger partial charge in [0.25, 0.3) is 0 Å². The van der Waals surface area contributed by atoms with Crippen molar-refractivity contribution in [3.05, 3.63) is 39.2 Å². The Morgan fingerprint density at radius 3 is 2.64 bits per heavy atom. The molecule has 1 saturated carbocycles. The smallest absolute Gasteiger partial charge is 0.370 e. The number of hydrogen-bond acceptors (Lipinski definition) is 8. The minimum absolute atomic E-state index is 0.0614. The van der Waals surface area contributed by atoms with E-state index in [1.165, 1.54) is 16.8 Å². The van der Waals surface area contributed by atoms with Gasteiger partial charge in [-0.05, 0) is 47.0 Å². The van der Waals surface area contributed by atoms with Crippen LogP contribution in [0.4, 0.5) is 0 Å². The number of hydrogen-bond donors (Lipinski definition) is 5. The van der Waals surface area contributed by atoms with Crippen molar-refractivity contribution in [1.82, 2.24) is 15.1 Å². The number of carbonyl (C=O) groups excluding carboxylic acids is 1. The van der Waals surface area contributed by atoms with Crippen LogP contribution in [0.1, 0.15) is 37.4 Å². The molecule has 1 aliphatic heterocycles. The number of halogens is 2. The number of aromatic nitrogens is 2. The van der Waals surface area contributed by atoms with E-state index >= 15 is 0 Å². The van der Waals surface area contributed by atoms with Crippen LogP contribution >= 0.6 is 27.5 Å². The molecular formula is C23H24BrClN4O7. The molecular weight excluding hydrogens is 560 g/mol. The Bertz CT molecular complexity index is 1250. The number of aliphatic carboxylic acids is 1. The standard InChI is InChI=1S/C23H24BrClN4O7/c24-12-5-11-14(6-13(12)25)28-29(16(11)8-26)15-7-18(23(34)35)36-21(20(32)17(31)9-30)19(15)27-22(33)10-3-1-2-4-10/h5-7,10,15,17,19-21,30-32H,1-4,9H2,(H,27,33)(H,34,35)/t15-,17+,19+,20+,21+/m0/s1. The van der Waals surface area contributed by atoms with Gasteiger partial charge in [0.1, 0.15) is 30.1 Å². The molecule has 0 bridgehead atoms. The molecule has 1 aliphatic carbocycles. The normalized spacial score (nSPS) is 24.0. The van der Waals surface area contributed by atoms with Crippen molar-refractivity contribution >= 4 is 50.3 Å². The number of carboxylic acid groups (broad SMARTS) is 1. The van der Waals surface area contributed by atoms with Crippen molar-refractivity contribution in [3.8, 4) is 6.07 Å². The summed E-state index contributed by atoms with van der Waals surface area (Å²) in [6.45, 7) is -0.831. The third-order valence-corrected chi connectivity index (χ3v) is 7.79. The topological polar surface area (TPSA) is 178 Å². The quantitative estimate of drug-likeness (QED) is 0.324. The Kier molecular flexibility index (Phi) is 7.87. The molecule has 5 atom stereocenters. The van der Waals surface area contributed by atoms with Crippen LogP contribution in [-0.2, 0) is 14.3 Å². The number of nitriles is 1. The molecule has 2 aliphatic rings. The Morgan fingerprint density at radius 2 is 2.03 bits per heavy atom. The molecule has 0 spiro atoms. The van der Waals surface area contributed by atoms with Gasteiger partial charge in [-0.1, -0.05) is 24.4 Å². The summed E-state index contributed by atoms with van der Waals surface area (Å²) in [5.41, 5.74) is 0.413. The van der Waals surface area contributed by atoms with Crippen molar-refractivity contribution in [1.29, 1.82) is 5.26 Å². The Balaban J connectivity index is 1.87. The molecule has 2 aromatic rings. The maximum atomic E-state index is 13.1. The van der Waals surface area contributed by atoms with Crippen molar-refractivity contribution in [2.45, 2.75) is 56.1 Å². The summed E-state index contributed by atoms with van der Waals surface area (Å²) >= 11 is 9.52. The number of amides is 1. The first kappa shape index (κ1) is 26.4. The zero-order valence-electron chi connectivity index (χ0n) is 18.8. The molecule has 2 heterocycles. The molecule has 1 aromatic carbocycles. The Morgan fingerprint density at radius 1 is 1.33 bits per heavy atom. The molecule has 36 heavy (non-hydrogen) atoms. The van der Waals surface area contributed by atoms with Gasteiger partial charge in [0, 0.05) is 15.8 Å². The molecule has 192 valence electrons. The van der Waals surface area contributed by atoms with Gasteiger partial charge in [0.05, 0.1) is 29.2 Å². The lowest BCUT2D eigenvalue weighted by atomic mass is 9.91. The molecule has 4 rings (SSSR count). The maximum Gasteiger partial charge on any atom is 0.370 e. The number of ether oxygens (including phenoxy) is 1. The van der Waals surface area contributed by atoms with Gasteiger partial charge < -0.3 is 30.5 Å². The highest BCUT2D eigenvalue weighted by molar-refractivity contribution is 9.10. The molecule has 5 N–H and O–H groups in total. The van der Waals surface area contributed by atoms with E-state index in [9.17, 15) is 35.3 Å². The number of carbonyl (C=O) groups is 2. The van der Waals surface area contributed by atoms with Gasteiger partial charge in [-0.15, -0.1) is 0 Å². The van der Waals surface area contributed by atoms with Gasteiger partial charge >= 0.3 is 5.97 Å². The molecule has 0 radical (unpaired) electrons. The van der Waals surface area contributed by atoms with Gasteiger partial charge in [0.2, 0.25) is 11.7 Å². The van der Waals surface area contributed by atoms with Gasteiger partial charge in [-0.3, -0.25) is 4.79 Å². The largest absolute Gasteiger partial charge is 0.478 e. The predicted molar refractivity (Wildman–Crippen MR) is 130 cm³/mol. The first-order chi connectivity index (χ1) is 17.2. The summed E-state index contributed by atoms with van der Waals surface area (Å²) in [7, 11) is 0. The molecule has 1 fully saturated rings. The van der Waals surface area contributed by atoms with Crippen LogP contribution in [0, 0.1) is 17.2 Å². The zero-order valence-corrected chi connectivity index (χ0v) is 21.2. The number of fused-ring (bicyclic) bond motifs is 1. The number of carboxylic acids is 1. The Hall–Kier alpha value is -2.69. The van der Waals surface area contributed by atoms with Crippen LogP contribution in [0.25, 0.3) is 10.9 Å². The average Bonchev–Trinajstić information content (AvgIpc) is 3.51. The van der Waals surface area contributed by atoms with E-state index < -0.39 is 48.7 Å². The highest BCUT2D eigenvalue weighted by Gasteiger charge is 2.46.